The first-order chi connectivity index (χ1) is 12.4. The number of piperidine rings is 1. The van der Waals surface area contributed by atoms with E-state index in [9.17, 15) is 18.0 Å². The molecule has 2 saturated heterocycles. The number of nitrogens with zero attached hydrogens (tertiary/aromatic N) is 2. The summed E-state index contributed by atoms with van der Waals surface area (Å²) >= 11 is 0. The summed E-state index contributed by atoms with van der Waals surface area (Å²) < 4.78 is 26.8. The zero-order chi connectivity index (χ0) is 18.7. The van der Waals surface area contributed by atoms with Crippen molar-refractivity contribution >= 4 is 21.9 Å². The Morgan fingerprint density at radius 2 is 1.69 bits per heavy atom. The average Bonchev–Trinajstić information content (AvgIpc) is 3.13. The lowest BCUT2D eigenvalue weighted by atomic mass is 10.1. The summed E-state index contributed by atoms with van der Waals surface area (Å²) in [5.41, 5.74) is 0.728. The number of aliphatic carboxylic acids is 1. The van der Waals surface area contributed by atoms with Gasteiger partial charge in [0.25, 0.3) is 0 Å². The SMILES string of the molecule is O=C(O)C1CCN(C(=O)Cc2ccc(S(=O)(=O)N3CCCCC3)cc2)C1. The predicted molar refractivity (Wildman–Crippen MR) is 95.1 cm³/mol. The second-order valence-electron chi connectivity index (χ2n) is 6.95. The van der Waals surface area contributed by atoms with E-state index in [0.29, 0.717) is 26.1 Å². The highest BCUT2D eigenvalue weighted by Crippen LogP contribution is 2.22. The molecule has 1 N–H and O–H groups in total. The van der Waals surface area contributed by atoms with Crippen LogP contribution in [0.2, 0.25) is 0 Å². The molecule has 1 atom stereocenters. The maximum atomic E-state index is 12.6. The number of amides is 1. The first-order valence-electron chi connectivity index (χ1n) is 8.97. The lowest BCUT2D eigenvalue weighted by Crippen LogP contribution is -2.35. The summed E-state index contributed by atoms with van der Waals surface area (Å²) in [5, 5.41) is 9.02. The fourth-order valence-corrected chi connectivity index (χ4v) is 5.03. The molecule has 1 amide bonds. The van der Waals surface area contributed by atoms with E-state index in [0.717, 1.165) is 24.8 Å². The molecule has 2 aliphatic heterocycles. The number of carbonyl (C=O) groups excluding carboxylic acids is 1. The first kappa shape index (κ1) is 18.8. The van der Waals surface area contributed by atoms with Crippen molar-refractivity contribution < 1.29 is 23.1 Å². The standard InChI is InChI=1S/C18H24N2O5S/c21-17(19-11-8-15(13-19)18(22)23)12-14-4-6-16(7-5-14)26(24,25)20-9-2-1-3-10-20/h4-7,15H,1-3,8-13H2,(H,22,23). The molecule has 3 rings (SSSR count). The van der Waals surface area contributed by atoms with Gasteiger partial charge in [0.05, 0.1) is 17.2 Å². The molecule has 1 aromatic carbocycles. The van der Waals surface area contributed by atoms with Crippen LogP contribution in [0.25, 0.3) is 0 Å². The molecule has 8 heteroatoms. The van der Waals surface area contributed by atoms with Crippen LogP contribution < -0.4 is 0 Å². The van der Waals surface area contributed by atoms with Gasteiger partial charge in [-0.05, 0) is 37.0 Å². The Morgan fingerprint density at radius 1 is 1.04 bits per heavy atom. The van der Waals surface area contributed by atoms with Gasteiger partial charge in [0.1, 0.15) is 0 Å². The number of likely N-dealkylation sites (tertiary alicyclic amines) is 1. The Balaban J connectivity index is 1.62. The van der Waals surface area contributed by atoms with Crippen molar-refractivity contribution in [1.29, 1.82) is 0 Å². The van der Waals surface area contributed by atoms with Gasteiger partial charge in [-0.1, -0.05) is 18.6 Å². The fraction of sp³-hybridized carbons (Fsp3) is 0.556. The normalized spacial score (nSPS) is 21.7. The quantitative estimate of drug-likeness (QED) is 0.832. The van der Waals surface area contributed by atoms with Crippen molar-refractivity contribution in [3.63, 3.8) is 0 Å². The molecule has 2 fully saturated rings. The molecule has 1 aromatic rings. The molecule has 26 heavy (non-hydrogen) atoms. The number of carboxylic acid groups (broad SMARTS) is 1. The molecular weight excluding hydrogens is 356 g/mol. The van der Waals surface area contributed by atoms with Gasteiger partial charge in [-0.2, -0.15) is 4.31 Å². The van der Waals surface area contributed by atoms with Gasteiger partial charge in [-0.3, -0.25) is 9.59 Å². The van der Waals surface area contributed by atoms with E-state index < -0.39 is 21.9 Å². The molecule has 142 valence electrons. The maximum Gasteiger partial charge on any atom is 0.308 e. The predicted octanol–water partition coefficient (Wildman–Crippen LogP) is 1.34. The molecule has 0 aliphatic carbocycles. The van der Waals surface area contributed by atoms with E-state index in [1.807, 2.05) is 0 Å². The zero-order valence-electron chi connectivity index (χ0n) is 14.6. The van der Waals surface area contributed by atoms with Gasteiger partial charge in [0.15, 0.2) is 0 Å². The van der Waals surface area contributed by atoms with E-state index in [-0.39, 0.29) is 23.8 Å². The Labute approximate surface area is 153 Å². The Bertz CT molecular complexity index is 769. The van der Waals surface area contributed by atoms with Crippen LogP contribution in [-0.2, 0) is 26.0 Å². The second-order valence-corrected chi connectivity index (χ2v) is 8.89. The van der Waals surface area contributed by atoms with Crippen molar-refractivity contribution in [2.45, 2.75) is 37.0 Å². The van der Waals surface area contributed by atoms with E-state index in [1.165, 1.54) is 4.31 Å². The number of rotatable bonds is 5. The number of benzene rings is 1. The highest BCUT2D eigenvalue weighted by molar-refractivity contribution is 7.89. The molecule has 0 bridgehead atoms. The van der Waals surface area contributed by atoms with Gasteiger partial charge in [0, 0.05) is 26.2 Å². The molecule has 0 saturated carbocycles. The third-order valence-corrected chi connectivity index (χ3v) is 7.03. The summed E-state index contributed by atoms with van der Waals surface area (Å²) in [6.07, 6.45) is 3.47. The fourth-order valence-electron chi connectivity index (χ4n) is 3.51. The van der Waals surface area contributed by atoms with Gasteiger partial charge >= 0.3 is 5.97 Å². The van der Waals surface area contributed by atoms with Crippen LogP contribution in [0.3, 0.4) is 0 Å². The van der Waals surface area contributed by atoms with Crippen LogP contribution in [0, 0.1) is 5.92 Å². The first-order valence-corrected chi connectivity index (χ1v) is 10.4. The minimum Gasteiger partial charge on any atom is -0.481 e. The molecule has 1 unspecified atom stereocenters. The van der Waals surface area contributed by atoms with E-state index in [4.69, 9.17) is 5.11 Å². The van der Waals surface area contributed by atoms with Crippen molar-refractivity contribution in [3.8, 4) is 0 Å². The summed E-state index contributed by atoms with van der Waals surface area (Å²) in [7, 11) is -3.47. The van der Waals surface area contributed by atoms with Crippen LogP contribution >= 0.6 is 0 Å². The van der Waals surface area contributed by atoms with E-state index >= 15 is 0 Å². The number of hydrogen-bond donors (Lipinski definition) is 1. The van der Waals surface area contributed by atoms with Crippen molar-refractivity contribution in [2.24, 2.45) is 5.92 Å². The molecule has 0 spiro atoms. The molecule has 2 heterocycles. The molecule has 0 aromatic heterocycles. The zero-order valence-corrected chi connectivity index (χ0v) is 15.5. The highest BCUT2D eigenvalue weighted by Gasteiger charge is 2.31. The molecular formula is C18H24N2O5S. The summed E-state index contributed by atoms with van der Waals surface area (Å²) in [6, 6.07) is 6.44. The van der Waals surface area contributed by atoms with Crippen LogP contribution in [-0.4, -0.2) is 60.8 Å². The highest BCUT2D eigenvalue weighted by atomic mass is 32.2. The Morgan fingerprint density at radius 3 is 2.27 bits per heavy atom. The Kier molecular flexibility index (Phi) is 5.62. The second kappa shape index (κ2) is 7.75. The van der Waals surface area contributed by atoms with Crippen LogP contribution in [0.15, 0.2) is 29.2 Å². The van der Waals surface area contributed by atoms with E-state index in [2.05, 4.69) is 0 Å². The molecule has 7 nitrogen and oxygen atoms in total. The van der Waals surface area contributed by atoms with Crippen molar-refractivity contribution in [2.75, 3.05) is 26.2 Å². The number of carbonyl (C=O) groups is 2. The Hall–Kier alpha value is -1.93. The van der Waals surface area contributed by atoms with Crippen LogP contribution in [0.5, 0.6) is 0 Å². The third kappa shape index (κ3) is 4.07. The van der Waals surface area contributed by atoms with Crippen LogP contribution in [0.4, 0.5) is 0 Å². The number of hydrogen-bond acceptors (Lipinski definition) is 4. The average molecular weight is 380 g/mol. The lowest BCUT2D eigenvalue weighted by Gasteiger charge is -2.25. The van der Waals surface area contributed by atoms with Gasteiger partial charge < -0.3 is 10.0 Å². The molecule has 2 aliphatic rings. The van der Waals surface area contributed by atoms with Gasteiger partial charge in [-0.25, -0.2) is 8.42 Å². The minimum absolute atomic E-state index is 0.125. The minimum atomic E-state index is -3.47. The monoisotopic (exact) mass is 380 g/mol. The topological polar surface area (TPSA) is 95.0 Å². The summed E-state index contributed by atoms with van der Waals surface area (Å²) in [5.74, 6) is -1.48. The third-order valence-electron chi connectivity index (χ3n) is 5.12. The number of sulfonamides is 1. The molecule has 0 radical (unpaired) electrons. The van der Waals surface area contributed by atoms with Crippen molar-refractivity contribution in [1.82, 2.24) is 9.21 Å². The van der Waals surface area contributed by atoms with Crippen LogP contribution in [0.1, 0.15) is 31.2 Å². The smallest absolute Gasteiger partial charge is 0.308 e. The maximum absolute atomic E-state index is 12.6. The van der Waals surface area contributed by atoms with E-state index in [1.54, 1.807) is 29.2 Å². The lowest BCUT2D eigenvalue weighted by molar-refractivity contribution is -0.141. The number of carboxylic acids is 1. The summed E-state index contributed by atoms with van der Waals surface area (Å²) in [6.45, 7) is 1.82. The summed E-state index contributed by atoms with van der Waals surface area (Å²) in [4.78, 5) is 25.1. The van der Waals surface area contributed by atoms with Gasteiger partial charge in [-0.15, -0.1) is 0 Å². The van der Waals surface area contributed by atoms with Gasteiger partial charge in [0.2, 0.25) is 15.9 Å². The largest absolute Gasteiger partial charge is 0.481 e. The van der Waals surface area contributed by atoms with Crippen molar-refractivity contribution in [3.05, 3.63) is 29.8 Å².